The van der Waals surface area contributed by atoms with Crippen molar-refractivity contribution in [1.29, 1.82) is 0 Å². The normalized spacial score (nSPS) is 13.9. The molecule has 0 bridgehead atoms. The second kappa shape index (κ2) is 5.16. The predicted octanol–water partition coefficient (Wildman–Crippen LogP) is 4.74. The van der Waals surface area contributed by atoms with E-state index in [0.717, 1.165) is 6.42 Å². The first-order valence-corrected chi connectivity index (χ1v) is 6.51. The summed E-state index contributed by atoms with van der Waals surface area (Å²) < 4.78 is 0. The Labute approximate surface area is 102 Å². The third kappa shape index (κ3) is 4.38. The predicted molar refractivity (Wildman–Crippen MR) is 71.7 cm³/mol. The third-order valence-electron chi connectivity index (χ3n) is 2.76. The van der Waals surface area contributed by atoms with Gasteiger partial charge in [-0.2, -0.15) is 0 Å². The highest BCUT2D eigenvalue weighted by Gasteiger charge is 2.21. The lowest BCUT2D eigenvalue weighted by Gasteiger charge is -2.26. The lowest BCUT2D eigenvalue weighted by molar-refractivity contribution is 0.334. The number of hydrogen-bond donors (Lipinski definition) is 0. The van der Waals surface area contributed by atoms with Gasteiger partial charge in [0.1, 0.15) is 0 Å². The summed E-state index contributed by atoms with van der Waals surface area (Å²) in [5, 5.41) is 0. The van der Waals surface area contributed by atoms with Gasteiger partial charge in [-0.25, -0.2) is 0 Å². The van der Waals surface area contributed by atoms with Gasteiger partial charge < -0.3 is 0 Å². The monoisotopic (exact) mass is 268 g/mol. The van der Waals surface area contributed by atoms with Crippen LogP contribution >= 0.6 is 15.9 Å². The molecule has 0 radical (unpaired) electrons. The van der Waals surface area contributed by atoms with Crippen LogP contribution in [0.2, 0.25) is 0 Å². The average Bonchev–Trinajstić information content (AvgIpc) is 2.06. The average molecular weight is 269 g/mol. The summed E-state index contributed by atoms with van der Waals surface area (Å²) in [4.78, 5) is 0.594. The fraction of sp³-hybridized carbons (Fsp3) is 0.571. The minimum atomic E-state index is 0.370. The summed E-state index contributed by atoms with van der Waals surface area (Å²) in [6, 6.07) is 8.69. The van der Waals surface area contributed by atoms with E-state index in [-0.39, 0.29) is 0 Å². The van der Waals surface area contributed by atoms with Crippen LogP contribution in [-0.2, 0) is 6.42 Å². The minimum absolute atomic E-state index is 0.370. The number of alkyl halides is 1. The molecule has 0 aliphatic heterocycles. The topological polar surface area (TPSA) is 0 Å². The van der Waals surface area contributed by atoms with Crippen LogP contribution in [0.4, 0.5) is 0 Å². The number of hydrogen-bond acceptors (Lipinski definition) is 0. The summed E-state index contributed by atoms with van der Waals surface area (Å²) in [6.07, 6.45) is 2.37. The van der Waals surface area contributed by atoms with E-state index in [2.05, 4.69) is 67.9 Å². The van der Waals surface area contributed by atoms with Crippen LogP contribution in [0, 0.1) is 12.3 Å². The quantitative estimate of drug-likeness (QED) is 0.693. The smallest absolute Gasteiger partial charge is 0.0122 e. The van der Waals surface area contributed by atoms with E-state index in [9.17, 15) is 0 Å². The van der Waals surface area contributed by atoms with Gasteiger partial charge in [0.25, 0.3) is 0 Å². The highest BCUT2D eigenvalue weighted by atomic mass is 79.9. The molecule has 0 aromatic heterocycles. The van der Waals surface area contributed by atoms with Crippen LogP contribution in [0.15, 0.2) is 24.3 Å². The molecule has 15 heavy (non-hydrogen) atoms. The summed E-state index contributed by atoms with van der Waals surface area (Å²) in [6.45, 7) is 9.11. The van der Waals surface area contributed by atoms with E-state index in [1.807, 2.05) is 0 Å². The van der Waals surface area contributed by atoms with Crippen LogP contribution < -0.4 is 0 Å². The van der Waals surface area contributed by atoms with Gasteiger partial charge in [0, 0.05) is 4.83 Å². The van der Waals surface area contributed by atoms with E-state index >= 15 is 0 Å². The minimum Gasteiger partial charge on any atom is -0.0893 e. The molecule has 0 spiro atoms. The third-order valence-corrected chi connectivity index (χ3v) is 3.09. The summed E-state index contributed by atoms with van der Waals surface area (Å²) >= 11 is 3.64. The highest BCUT2D eigenvalue weighted by molar-refractivity contribution is 9.09. The Balaban J connectivity index is 2.73. The maximum absolute atomic E-state index is 3.64. The maximum Gasteiger partial charge on any atom is 0.0122 e. The van der Waals surface area contributed by atoms with Gasteiger partial charge in [-0.3, -0.25) is 0 Å². The Morgan fingerprint density at radius 1 is 1.27 bits per heavy atom. The first-order valence-electron chi connectivity index (χ1n) is 5.59. The second-order valence-corrected chi connectivity index (χ2v) is 6.82. The Bertz CT molecular complexity index is 313. The lowest BCUT2D eigenvalue weighted by atomic mass is 9.81. The summed E-state index contributed by atoms with van der Waals surface area (Å²) in [5.41, 5.74) is 3.26. The Morgan fingerprint density at radius 3 is 2.40 bits per heavy atom. The van der Waals surface area contributed by atoms with Crippen molar-refractivity contribution in [3.8, 4) is 0 Å². The summed E-state index contributed by atoms with van der Waals surface area (Å²) in [7, 11) is 0. The van der Waals surface area contributed by atoms with Gasteiger partial charge in [-0.05, 0) is 36.3 Å². The molecule has 0 aliphatic rings. The molecule has 84 valence electrons. The van der Waals surface area contributed by atoms with Gasteiger partial charge in [0.05, 0.1) is 0 Å². The molecular weight excluding hydrogens is 248 g/mol. The van der Waals surface area contributed by atoms with Crippen molar-refractivity contribution >= 4 is 15.9 Å². The van der Waals surface area contributed by atoms with Gasteiger partial charge in [-0.1, -0.05) is 61.0 Å². The van der Waals surface area contributed by atoms with E-state index in [1.54, 1.807) is 0 Å². The summed E-state index contributed by atoms with van der Waals surface area (Å²) in [5.74, 6) is 0. The zero-order valence-corrected chi connectivity index (χ0v) is 11.8. The molecule has 1 aromatic carbocycles. The van der Waals surface area contributed by atoms with Crippen LogP contribution in [0.5, 0.6) is 0 Å². The molecule has 0 aliphatic carbocycles. The van der Waals surface area contributed by atoms with Crippen molar-refractivity contribution in [3.63, 3.8) is 0 Å². The molecule has 0 heterocycles. The lowest BCUT2D eigenvalue weighted by Crippen LogP contribution is -2.19. The van der Waals surface area contributed by atoms with E-state index in [0.29, 0.717) is 10.2 Å². The first-order chi connectivity index (χ1) is 6.91. The number of rotatable bonds is 4. The van der Waals surface area contributed by atoms with Crippen molar-refractivity contribution < 1.29 is 0 Å². The Hall–Kier alpha value is -0.300. The van der Waals surface area contributed by atoms with Crippen LogP contribution in [0.3, 0.4) is 0 Å². The van der Waals surface area contributed by atoms with Crippen LogP contribution in [0.25, 0.3) is 0 Å². The standard InChI is InChI=1S/C14H21Br/c1-11-7-5-6-8-13(11)10-14(3,4)9-12(2)15/h5-8,12H,9-10H2,1-4H3. The molecule has 1 atom stereocenters. The van der Waals surface area contributed by atoms with E-state index < -0.39 is 0 Å². The molecule has 1 unspecified atom stereocenters. The molecule has 0 nitrogen and oxygen atoms in total. The molecule has 1 aromatic rings. The molecule has 0 N–H and O–H groups in total. The SMILES string of the molecule is Cc1ccccc1CC(C)(C)CC(C)Br. The van der Waals surface area contributed by atoms with Crippen molar-refractivity contribution in [2.45, 2.75) is 45.4 Å². The zero-order chi connectivity index (χ0) is 11.5. The van der Waals surface area contributed by atoms with Crippen LogP contribution in [-0.4, -0.2) is 4.83 Å². The number of benzene rings is 1. The van der Waals surface area contributed by atoms with Crippen molar-refractivity contribution in [1.82, 2.24) is 0 Å². The van der Waals surface area contributed by atoms with Gasteiger partial charge >= 0.3 is 0 Å². The first kappa shape index (κ1) is 12.8. The van der Waals surface area contributed by atoms with Crippen molar-refractivity contribution in [2.75, 3.05) is 0 Å². The fourth-order valence-electron chi connectivity index (χ4n) is 2.16. The molecular formula is C14H21Br. The molecule has 1 rings (SSSR count). The number of aryl methyl sites for hydroxylation is 1. The largest absolute Gasteiger partial charge is 0.0893 e. The Kier molecular flexibility index (Phi) is 4.39. The van der Waals surface area contributed by atoms with E-state index in [4.69, 9.17) is 0 Å². The molecule has 0 saturated heterocycles. The van der Waals surface area contributed by atoms with Crippen molar-refractivity contribution in [3.05, 3.63) is 35.4 Å². The van der Waals surface area contributed by atoms with Crippen LogP contribution in [0.1, 0.15) is 38.3 Å². The number of halogens is 1. The second-order valence-electron chi connectivity index (χ2n) is 5.25. The van der Waals surface area contributed by atoms with Gasteiger partial charge in [0.15, 0.2) is 0 Å². The Morgan fingerprint density at radius 2 is 1.87 bits per heavy atom. The molecule has 0 saturated carbocycles. The zero-order valence-electron chi connectivity index (χ0n) is 10.2. The van der Waals surface area contributed by atoms with Gasteiger partial charge in [0.2, 0.25) is 0 Å². The van der Waals surface area contributed by atoms with E-state index in [1.165, 1.54) is 17.5 Å². The molecule has 0 fully saturated rings. The molecule has 1 heteroatoms. The highest BCUT2D eigenvalue weighted by Crippen LogP contribution is 2.30. The molecule has 0 amide bonds. The maximum atomic E-state index is 3.64. The van der Waals surface area contributed by atoms with Gasteiger partial charge in [-0.15, -0.1) is 0 Å². The van der Waals surface area contributed by atoms with Crippen molar-refractivity contribution in [2.24, 2.45) is 5.41 Å². The fourth-order valence-corrected chi connectivity index (χ4v) is 3.03.